The Morgan fingerprint density at radius 1 is 1.54 bits per heavy atom. The molecule has 2 N–H and O–H groups in total. The molecule has 0 atom stereocenters. The van der Waals surface area contributed by atoms with Crippen LogP contribution in [-0.4, -0.2) is 18.1 Å². The topological polar surface area (TPSA) is 65.2 Å². The second kappa shape index (κ2) is 3.43. The van der Waals surface area contributed by atoms with Crippen molar-refractivity contribution in [2.45, 2.75) is 13.8 Å². The minimum atomic E-state index is -0.416. The number of anilines is 1. The van der Waals surface area contributed by atoms with Crippen molar-refractivity contribution in [1.29, 1.82) is 0 Å². The molecule has 0 saturated carbocycles. The molecule has 4 heteroatoms. The fraction of sp³-hybridized carbons (Fsp3) is 0.333. The summed E-state index contributed by atoms with van der Waals surface area (Å²) in [7, 11) is 1.33. The number of nitrogens with zero attached hydrogens (tertiary/aromatic N) is 1. The van der Waals surface area contributed by atoms with Crippen LogP contribution in [0.25, 0.3) is 0 Å². The Hall–Kier alpha value is -1.58. The van der Waals surface area contributed by atoms with Gasteiger partial charge in [0.15, 0.2) is 0 Å². The minimum absolute atomic E-state index is 0.356. The number of methoxy groups -OCH3 is 1. The molecular formula is C9H12N2O2. The largest absolute Gasteiger partial charge is 0.465 e. The zero-order chi connectivity index (χ0) is 10.0. The van der Waals surface area contributed by atoms with Crippen molar-refractivity contribution in [2.75, 3.05) is 12.8 Å². The average molecular weight is 180 g/mol. The number of aromatic nitrogens is 1. The van der Waals surface area contributed by atoms with Gasteiger partial charge >= 0.3 is 5.97 Å². The molecule has 1 aromatic heterocycles. The van der Waals surface area contributed by atoms with Gasteiger partial charge in [0.05, 0.1) is 24.6 Å². The van der Waals surface area contributed by atoms with Crippen molar-refractivity contribution < 1.29 is 9.53 Å². The number of pyridine rings is 1. The third-order valence-corrected chi connectivity index (χ3v) is 1.99. The third-order valence-electron chi connectivity index (χ3n) is 1.99. The van der Waals surface area contributed by atoms with Gasteiger partial charge in [-0.25, -0.2) is 4.79 Å². The molecular weight excluding hydrogens is 168 g/mol. The molecule has 70 valence electrons. The average Bonchev–Trinajstić information content (AvgIpc) is 2.12. The highest BCUT2D eigenvalue weighted by molar-refractivity contribution is 5.96. The maximum Gasteiger partial charge on any atom is 0.340 e. The number of rotatable bonds is 1. The fourth-order valence-corrected chi connectivity index (χ4v) is 1.10. The normalized spacial score (nSPS) is 9.77. The van der Waals surface area contributed by atoms with Crippen LogP contribution in [0.2, 0.25) is 0 Å². The van der Waals surface area contributed by atoms with E-state index >= 15 is 0 Å². The first-order valence-electron chi connectivity index (χ1n) is 3.88. The van der Waals surface area contributed by atoms with Gasteiger partial charge in [-0.05, 0) is 19.4 Å². The van der Waals surface area contributed by atoms with Crippen molar-refractivity contribution in [2.24, 2.45) is 0 Å². The van der Waals surface area contributed by atoms with Gasteiger partial charge in [0.1, 0.15) is 0 Å². The van der Waals surface area contributed by atoms with E-state index < -0.39 is 5.97 Å². The van der Waals surface area contributed by atoms with Crippen LogP contribution in [0.3, 0.4) is 0 Å². The molecule has 0 fully saturated rings. The van der Waals surface area contributed by atoms with Crippen molar-refractivity contribution in [1.82, 2.24) is 4.98 Å². The van der Waals surface area contributed by atoms with Gasteiger partial charge in [-0.2, -0.15) is 0 Å². The highest BCUT2D eigenvalue weighted by Gasteiger charge is 2.14. The quantitative estimate of drug-likeness (QED) is 0.656. The van der Waals surface area contributed by atoms with E-state index in [1.807, 2.05) is 6.92 Å². The lowest BCUT2D eigenvalue weighted by Crippen LogP contribution is -2.10. The third kappa shape index (κ3) is 1.61. The van der Waals surface area contributed by atoms with Gasteiger partial charge in [-0.1, -0.05) is 0 Å². The molecule has 13 heavy (non-hydrogen) atoms. The van der Waals surface area contributed by atoms with Crippen LogP contribution in [0.1, 0.15) is 21.6 Å². The van der Waals surface area contributed by atoms with Gasteiger partial charge in [0.2, 0.25) is 0 Å². The van der Waals surface area contributed by atoms with Gasteiger partial charge in [0, 0.05) is 5.69 Å². The Labute approximate surface area is 76.7 Å². The number of aryl methyl sites for hydroxylation is 1. The number of nitrogens with two attached hydrogens (primary N) is 1. The second-order valence-corrected chi connectivity index (χ2v) is 2.79. The van der Waals surface area contributed by atoms with Gasteiger partial charge in [-0.3, -0.25) is 4.98 Å². The van der Waals surface area contributed by atoms with Gasteiger partial charge in [-0.15, -0.1) is 0 Å². The van der Waals surface area contributed by atoms with E-state index in [1.54, 1.807) is 6.92 Å². The Kier molecular flexibility index (Phi) is 2.51. The standard InChI is InChI=1S/C9H12N2O2/c1-5-6(2)11-4-7(10)8(5)9(12)13-3/h4H,10H2,1-3H3. The predicted octanol–water partition coefficient (Wildman–Crippen LogP) is 1.07. The SMILES string of the molecule is COC(=O)c1c(N)cnc(C)c1C. The number of hydrogen-bond acceptors (Lipinski definition) is 4. The highest BCUT2D eigenvalue weighted by Crippen LogP contribution is 2.18. The summed E-state index contributed by atoms with van der Waals surface area (Å²) in [4.78, 5) is 15.3. The Morgan fingerprint density at radius 3 is 2.69 bits per heavy atom. The van der Waals surface area contributed by atoms with Gasteiger partial charge in [0.25, 0.3) is 0 Å². The van der Waals surface area contributed by atoms with E-state index in [-0.39, 0.29) is 0 Å². The lowest BCUT2D eigenvalue weighted by atomic mass is 10.1. The smallest absolute Gasteiger partial charge is 0.340 e. The Bertz CT molecular complexity index is 348. The van der Waals surface area contributed by atoms with Crippen molar-refractivity contribution >= 4 is 11.7 Å². The molecule has 0 aromatic carbocycles. The lowest BCUT2D eigenvalue weighted by molar-refractivity contribution is 0.0601. The van der Waals surface area contributed by atoms with Crippen LogP contribution in [0.5, 0.6) is 0 Å². The molecule has 1 rings (SSSR count). The highest BCUT2D eigenvalue weighted by atomic mass is 16.5. The van der Waals surface area contributed by atoms with Crippen LogP contribution in [0.4, 0.5) is 5.69 Å². The van der Waals surface area contributed by atoms with Crippen molar-refractivity contribution in [3.63, 3.8) is 0 Å². The molecule has 0 aliphatic carbocycles. The summed E-state index contributed by atoms with van der Waals surface area (Å²) >= 11 is 0. The van der Waals surface area contributed by atoms with Crippen LogP contribution >= 0.6 is 0 Å². The molecule has 0 aliphatic heterocycles. The number of esters is 1. The molecule has 0 radical (unpaired) electrons. The maximum absolute atomic E-state index is 11.3. The second-order valence-electron chi connectivity index (χ2n) is 2.79. The number of nitrogen functional groups attached to an aromatic ring is 1. The zero-order valence-corrected chi connectivity index (χ0v) is 7.92. The molecule has 0 aliphatic rings. The monoisotopic (exact) mass is 180 g/mol. The molecule has 1 heterocycles. The fourth-order valence-electron chi connectivity index (χ4n) is 1.10. The zero-order valence-electron chi connectivity index (χ0n) is 7.92. The van der Waals surface area contributed by atoms with E-state index in [2.05, 4.69) is 9.72 Å². The Balaban J connectivity index is 3.33. The number of carbonyl (C=O) groups excluding carboxylic acids is 1. The summed E-state index contributed by atoms with van der Waals surface area (Å²) in [5, 5.41) is 0. The Morgan fingerprint density at radius 2 is 2.15 bits per heavy atom. The van der Waals surface area contributed by atoms with E-state index in [9.17, 15) is 4.79 Å². The van der Waals surface area contributed by atoms with Crippen molar-refractivity contribution in [3.8, 4) is 0 Å². The molecule has 0 saturated heterocycles. The van der Waals surface area contributed by atoms with Crippen molar-refractivity contribution in [3.05, 3.63) is 23.0 Å². The summed E-state index contributed by atoms with van der Waals surface area (Å²) in [6, 6.07) is 0. The summed E-state index contributed by atoms with van der Waals surface area (Å²) < 4.78 is 4.61. The molecule has 0 bridgehead atoms. The summed E-state index contributed by atoms with van der Waals surface area (Å²) in [5.74, 6) is -0.416. The summed E-state index contributed by atoms with van der Waals surface area (Å²) in [6.45, 7) is 3.62. The number of ether oxygens (including phenoxy) is 1. The maximum atomic E-state index is 11.3. The first-order chi connectivity index (χ1) is 6.07. The molecule has 0 amide bonds. The summed E-state index contributed by atoms with van der Waals surface area (Å²) in [6.07, 6.45) is 1.47. The number of hydrogen-bond donors (Lipinski definition) is 1. The van der Waals surface area contributed by atoms with E-state index in [4.69, 9.17) is 5.73 Å². The summed E-state index contributed by atoms with van der Waals surface area (Å²) in [5.41, 5.74) is 7.93. The van der Waals surface area contributed by atoms with Crippen LogP contribution < -0.4 is 5.73 Å². The van der Waals surface area contributed by atoms with Crippen LogP contribution in [0.15, 0.2) is 6.20 Å². The van der Waals surface area contributed by atoms with Crippen LogP contribution in [-0.2, 0) is 4.74 Å². The minimum Gasteiger partial charge on any atom is -0.465 e. The van der Waals surface area contributed by atoms with Crippen LogP contribution in [0, 0.1) is 13.8 Å². The van der Waals surface area contributed by atoms with E-state index in [1.165, 1.54) is 13.3 Å². The van der Waals surface area contributed by atoms with E-state index in [0.29, 0.717) is 11.3 Å². The molecule has 1 aromatic rings. The van der Waals surface area contributed by atoms with Gasteiger partial charge < -0.3 is 10.5 Å². The first kappa shape index (κ1) is 9.51. The predicted molar refractivity (Wildman–Crippen MR) is 49.5 cm³/mol. The number of carbonyl (C=O) groups is 1. The molecule has 0 unspecified atom stereocenters. The first-order valence-corrected chi connectivity index (χ1v) is 3.88. The molecule has 4 nitrogen and oxygen atoms in total. The van der Waals surface area contributed by atoms with E-state index in [0.717, 1.165) is 11.3 Å². The molecule has 0 spiro atoms. The lowest BCUT2D eigenvalue weighted by Gasteiger charge is -2.08.